The Balaban J connectivity index is 2.22. The zero-order chi connectivity index (χ0) is 12.0. The van der Waals surface area contributed by atoms with Gasteiger partial charge in [-0.15, -0.1) is 0 Å². The predicted molar refractivity (Wildman–Crippen MR) is 74.2 cm³/mol. The van der Waals surface area contributed by atoms with Crippen molar-refractivity contribution in [2.24, 2.45) is 13.0 Å². The molecule has 2 nitrogen and oxygen atoms in total. The second-order valence-electron chi connectivity index (χ2n) is 5.01. The summed E-state index contributed by atoms with van der Waals surface area (Å²) in [5.74, 6) is 0.858. The van der Waals surface area contributed by atoms with Crippen molar-refractivity contribution in [2.45, 2.75) is 32.6 Å². The lowest BCUT2D eigenvalue weighted by Gasteiger charge is -2.21. The predicted octanol–water partition coefficient (Wildman–Crippen LogP) is 3.85. The van der Waals surface area contributed by atoms with E-state index in [1.807, 2.05) is 0 Å². The highest BCUT2D eigenvalue weighted by Gasteiger charge is 2.23. The van der Waals surface area contributed by atoms with E-state index in [1.54, 1.807) is 5.56 Å². The number of fused-ring (bicyclic) bond motifs is 3. The molecule has 1 unspecified atom stereocenters. The van der Waals surface area contributed by atoms with Crippen molar-refractivity contribution in [2.75, 3.05) is 0 Å². The first-order valence-electron chi connectivity index (χ1n) is 6.33. The molecule has 0 saturated carbocycles. The van der Waals surface area contributed by atoms with Crippen molar-refractivity contribution in [1.29, 1.82) is 0 Å². The van der Waals surface area contributed by atoms with Gasteiger partial charge in [0.25, 0.3) is 0 Å². The van der Waals surface area contributed by atoms with Crippen molar-refractivity contribution in [1.82, 2.24) is 9.55 Å². The van der Waals surface area contributed by atoms with Gasteiger partial charge >= 0.3 is 0 Å². The second kappa shape index (κ2) is 4.13. The molecular formula is C14H17BrN2. The van der Waals surface area contributed by atoms with Crippen LogP contribution in [0.3, 0.4) is 0 Å². The SMILES string of the molecule is CCC1CCc2c(c3ccc(Br)nc3n2C)C1. The Hall–Kier alpha value is -0.830. The van der Waals surface area contributed by atoms with E-state index in [0.29, 0.717) is 0 Å². The third-order valence-corrected chi connectivity index (χ3v) is 4.54. The molecule has 17 heavy (non-hydrogen) atoms. The first kappa shape index (κ1) is 11.3. The Morgan fingerprint density at radius 3 is 3.06 bits per heavy atom. The minimum atomic E-state index is 0.858. The van der Waals surface area contributed by atoms with Crippen LogP contribution in [0.25, 0.3) is 11.0 Å². The van der Waals surface area contributed by atoms with Crippen LogP contribution in [-0.2, 0) is 19.9 Å². The number of pyridine rings is 1. The van der Waals surface area contributed by atoms with Crippen LogP contribution in [-0.4, -0.2) is 9.55 Å². The Bertz CT molecular complexity index is 571. The van der Waals surface area contributed by atoms with Crippen LogP contribution in [0.5, 0.6) is 0 Å². The summed E-state index contributed by atoms with van der Waals surface area (Å²) in [6, 6.07) is 4.27. The van der Waals surface area contributed by atoms with Gasteiger partial charge in [-0.2, -0.15) is 0 Å². The second-order valence-corrected chi connectivity index (χ2v) is 5.82. The van der Waals surface area contributed by atoms with E-state index in [2.05, 4.69) is 51.6 Å². The minimum Gasteiger partial charge on any atom is -0.332 e. The summed E-state index contributed by atoms with van der Waals surface area (Å²) >= 11 is 3.46. The lowest BCUT2D eigenvalue weighted by molar-refractivity contribution is 0.439. The molecule has 0 bridgehead atoms. The summed E-state index contributed by atoms with van der Waals surface area (Å²) in [6.45, 7) is 2.30. The quantitative estimate of drug-likeness (QED) is 0.730. The van der Waals surface area contributed by atoms with Gasteiger partial charge < -0.3 is 4.57 Å². The zero-order valence-corrected chi connectivity index (χ0v) is 11.9. The number of nitrogens with zero attached hydrogens (tertiary/aromatic N) is 2. The zero-order valence-electron chi connectivity index (χ0n) is 10.3. The first-order valence-corrected chi connectivity index (χ1v) is 7.12. The number of hydrogen-bond donors (Lipinski definition) is 0. The number of rotatable bonds is 1. The van der Waals surface area contributed by atoms with Crippen molar-refractivity contribution < 1.29 is 0 Å². The molecule has 0 saturated heterocycles. The molecule has 0 aromatic carbocycles. The summed E-state index contributed by atoms with van der Waals surface area (Å²) in [7, 11) is 2.15. The maximum Gasteiger partial charge on any atom is 0.141 e. The highest BCUT2D eigenvalue weighted by Crippen LogP contribution is 2.34. The molecule has 0 spiro atoms. The van der Waals surface area contributed by atoms with E-state index in [-0.39, 0.29) is 0 Å². The van der Waals surface area contributed by atoms with Gasteiger partial charge in [-0.1, -0.05) is 13.3 Å². The molecule has 1 aliphatic rings. The van der Waals surface area contributed by atoms with E-state index in [0.717, 1.165) is 16.2 Å². The van der Waals surface area contributed by atoms with Crippen molar-refractivity contribution in [3.05, 3.63) is 28.0 Å². The monoisotopic (exact) mass is 292 g/mol. The van der Waals surface area contributed by atoms with Crippen LogP contribution >= 0.6 is 15.9 Å². The lowest BCUT2D eigenvalue weighted by Crippen LogP contribution is -2.14. The van der Waals surface area contributed by atoms with Gasteiger partial charge in [0.15, 0.2) is 0 Å². The number of aryl methyl sites for hydroxylation is 1. The third kappa shape index (κ3) is 1.71. The average molecular weight is 293 g/mol. The van der Waals surface area contributed by atoms with Crippen molar-refractivity contribution >= 4 is 27.0 Å². The van der Waals surface area contributed by atoms with Crippen molar-refractivity contribution in [3.8, 4) is 0 Å². The summed E-state index contributed by atoms with van der Waals surface area (Å²) in [5, 5.41) is 1.35. The normalized spacial score (nSPS) is 19.6. The topological polar surface area (TPSA) is 17.8 Å². The summed E-state index contributed by atoms with van der Waals surface area (Å²) < 4.78 is 3.20. The Morgan fingerprint density at radius 2 is 2.29 bits per heavy atom. The molecule has 0 fully saturated rings. The molecule has 0 aliphatic heterocycles. The summed E-state index contributed by atoms with van der Waals surface area (Å²) in [6.07, 6.45) is 5.05. The first-order chi connectivity index (χ1) is 8.20. The van der Waals surface area contributed by atoms with Gasteiger partial charge in [-0.3, -0.25) is 0 Å². The molecule has 0 amide bonds. The molecule has 3 rings (SSSR count). The standard InChI is InChI=1S/C14H17BrN2/c1-3-9-4-6-12-11(8-9)10-5-7-13(15)16-14(10)17(12)2/h5,7,9H,3-4,6,8H2,1-2H3. The molecule has 1 aliphatic carbocycles. The van der Waals surface area contributed by atoms with E-state index < -0.39 is 0 Å². The van der Waals surface area contributed by atoms with E-state index in [1.165, 1.54) is 36.8 Å². The number of aromatic nitrogens is 2. The molecule has 90 valence electrons. The van der Waals surface area contributed by atoms with Gasteiger partial charge in [-0.05, 0) is 58.8 Å². The fourth-order valence-electron chi connectivity index (χ4n) is 3.03. The molecular weight excluding hydrogens is 276 g/mol. The highest BCUT2D eigenvalue weighted by molar-refractivity contribution is 9.10. The van der Waals surface area contributed by atoms with Crippen molar-refractivity contribution in [3.63, 3.8) is 0 Å². The van der Waals surface area contributed by atoms with E-state index in [4.69, 9.17) is 0 Å². The molecule has 2 heterocycles. The van der Waals surface area contributed by atoms with Crippen LogP contribution in [0.4, 0.5) is 0 Å². The van der Waals surface area contributed by atoms with Crippen LogP contribution in [0.15, 0.2) is 16.7 Å². The molecule has 2 aromatic rings. The maximum atomic E-state index is 4.61. The molecule has 1 atom stereocenters. The highest BCUT2D eigenvalue weighted by atomic mass is 79.9. The van der Waals surface area contributed by atoms with E-state index >= 15 is 0 Å². The van der Waals surface area contributed by atoms with Gasteiger partial charge in [-0.25, -0.2) is 4.98 Å². The lowest BCUT2D eigenvalue weighted by atomic mass is 9.85. The fourth-order valence-corrected chi connectivity index (χ4v) is 3.33. The van der Waals surface area contributed by atoms with Crippen LogP contribution in [0, 0.1) is 5.92 Å². The Labute approximate surface area is 110 Å². The van der Waals surface area contributed by atoms with Gasteiger partial charge in [0.2, 0.25) is 0 Å². The van der Waals surface area contributed by atoms with E-state index in [9.17, 15) is 0 Å². The number of hydrogen-bond acceptors (Lipinski definition) is 1. The Kier molecular flexibility index (Phi) is 2.74. The van der Waals surface area contributed by atoms with Gasteiger partial charge in [0.05, 0.1) is 0 Å². The fraction of sp³-hybridized carbons (Fsp3) is 0.500. The smallest absolute Gasteiger partial charge is 0.141 e. The summed E-state index contributed by atoms with van der Waals surface area (Å²) in [4.78, 5) is 4.61. The average Bonchev–Trinajstić information content (AvgIpc) is 2.62. The number of halogens is 1. The maximum absolute atomic E-state index is 4.61. The molecule has 3 heteroatoms. The van der Waals surface area contributed by atoms with Crippen LogP contribution in [0.2, 0.25) is 0 Å². The van der Waals surface area contributed by atoms with Crippen LogP contribution in [0.1, 0.15) is 31.0 Å². The molecule has 0 radical (unpaired) electrons. The minimum absolute atomic E-state index is 0.858. The van der Waals surface area contributed by atoms with Gasteiger partial charge in [0.1, 0.15) is 10.3 Å². The molecule has 2 aromatic heterocycles. The third-order valence-electron chi connectivity index (χ3n) is 4.10. The van der Waals surface area contributed by atoms with Gasteiger partial charge in [0, 0.05) is 18.1 Å². The Morgan fingerprint density at radius 1 is 1.47 bits per heavy atom. The van der Waals surface area contributed by atoms with Crippen LogP contribution < -0.4 is 0 Å². The largest absolute Gasteiger partial charge is 0.332 e. The molecule has 0 N–H and O–H groups in total. The summed E-state index contributed by atoms with van der Waals surface area (Å²) in [5.41, 5.74) is 4.16.